The van der Waals surface area contributed by atoms with E-state index in [4.69, 9.17) is 4.74 Å². The van der Waals surface area contributed by atoms with Crippen LogP contribution in [0, 0.1) is 5.82 Å². The van der Waals surface area contributed by atoms with E-state index in [0.717, 1.165) is 17.7 Å². The molecule has 4 rings (SSSR count). The van der Waals surface area contributed by atoms with Gasteiger partial charge in [0.1, 0.15) is 11.6 Å². The smallest absolute Gasteiger partial charge is 0.377 e. The number of rotatable bonds is 5. The molecule has 1 saturated heterocycles. The molecule has 1 aliphatic heterocycles. The van der Waals surface area contributed by atoms with Crippen LogP contribution in [0.3, 0.4) is 0 Å². The van der Waals surface area contributed by atoms with Gasteiger partial charge in [-0.25, -0.2) is 9.37 Å². The maximum atomic E-state index is 13.3. The summed E-state index contributed by atoms with van der Waals surface area (Å²) in [5, 5.41) is 2.82. The van der Waals surface area contributed by atoms with E-state index in [9.17, 15) is 17.6 Å². The highest BCUT2D eigenvalue weighted by molar-refractivity contribution is 5.46. The van der Waals surface area contributed by atoms with E-state index in [1.54, 1.807) is 12.3 Å². The third-order valence-electron chi connectivity index (χ3n) is 5.06. The number of morpholine rings is 1. The van der Waals surface area contributed by atoms with Crippen LogP contribution < -0.4 is 10.2 Å². The van der Waals surface area contributed by atoms with Crippen molar-refractivity contribution < 1.29 is 22.3 Å². The van der Waals surface area contributed by atoms with Crippen LogP contribution in [0.25, 0.3) is 0 Å². The van der Waals surface area contributed by atoms with Crippen LogP contribution >= 0.6 is 0 Å². The maximum absolute atomic E-state index is 13.3. The van der Waals surface area contributed by atoms with Crippen LogP contribution in [-0.2, 0) is 17.5 Å². The molecule has 0 bridgehead atoms. The lowest BCUT2D eigenvalue weighted by Gasteiger charge is -2.36. The van der Waals surface area contributed by atoms with Gasteiger partial charge in [0, 0.05) is 19.3 Å². The normalized spacial score (nSPS) is 16.9. The van der Waals surface area contributed by atoms with E-state index < -0.39 is 17.6 Å². The van der Waals surface area contributed by atoms with Gasteiger partial charge >= 0.3 is 6.18 Å². The first-order valence-corrected chi connectivity index (χ1v) is 9.74. The second-order valence-electron chi connectivity index (χ2n) is 7.09. The van der Waals surface area contributed by atoms with Crippen molar-refractivity contribution in [1.82, 2.24) is 9.97 Å². The third-order valence-corrected chi connectivity index (χ3v) is 5.06. The maximum Gasteiger partial charge on any atom is 0.416 e. The van der Waals surface area contributed by atoms with Crippen molar-refractivity contribution in [3.05, 3.63) is 83.3 Å². The Balaban J connectivity index is 1.54. The third kappa shape index (κ3) is 4.93. The molecule has 0 aliphatic carbocycles. The highest BCUT2D eigenvalue weighted by atomic mass is 19.4. The molecular weight excluding hydrogens is 412 g/mol. The van der Waals surface area contributed by atoms with Gasteiger partial charge in [-0.15, -0.1) is 0 Å². The van der Waals surface area contributed by atoms with Crippen LogP contribution in [0.2, 0.25) is 0 Å². The molecule has 1 aliphatic rings. The van der Waals surface area contributed by atoms with Crippen molar-refractivity contribution in [3.8, 4) is 0 Å². The second-order valence-corrected chi connectivity index (χ2v) is 7.09. The van der Waals surface area contributed by atoms with Gasteiger partial charge in [0.05, 0.1) is 24.8 Å². The Kier molecular flexibility index (Phi) is 6.03. The standard InChI is InChI=1S/C22H20F4N4O/c23-17-7-6-16(18(12-17)22(24,25)26)13-28-21-27-9-8-20(29-21)30-10-11-31-14-19(30)15-4-2-1-3-5-15/h1-9,12,19H,10-11,13-14H2,(H,27,28,29). The lowest BCUT2D eigenvalue weighted by atomic mass is 10.1. The Morgan fingerprint density at radius 1 is 1.10 bits per heavy atom. The van der Waals surface area contributed by atoms with Crippen LogP contribution in [0.5, 0.6) is 0 Å². The summed E-state index contributed by atoms with van der Waals surface area (Å²) in [4.78, 5) is 10.7. The summed E-state index contributed by atoms with van der Waals surface area (Å²) < 4.78 is 58.6. The number of halogens is 4. The number of benzene rings is 2. The minimum atomic E-state index is -4.65. The summed E-state index contributed by atoms with van der Waals surface area (Å²) in [6.45, 7) is 1.47. The lowest BCUT2D eigenvalue weighted by Crippen LogP contribution is -2.40. The zero-order valence-electron chi connectivity index (χ0n) is 16.4. The van der Waals surface area contributed by atoms with Gasteiger partial charge in [0.25, 0.3) is 0 Å². The predicted octanol–water partition coefficient (Wildman–Crippen LogP) is 4.82. The number of anilines is 2. The molecule has 1 atom stereocenters. The zero-order valence-corrected chi connectivity index (χ0v) is 16.4. The zero-order chi connectivity index (χ0) is 21.8. The molecule has 1 fully saturated rings. The van der Waals surface area contributed by atoms with Gasteiger partial charge in [-0.3, -0.25) is 0 Å². The fourth-order valence-electron chi connectivity index (χ4n) is 3.56. The quantitative estimate of drug-likeness (QED) is 0.586. The molecule has 1 unspecified atom stereocenters. The summed E-state index contributed by atoms with van der Waals surface area (Å²) in [5.41, 5.74) is -0.0265. The van der Waals surface area contributed by atoms with Crippen molar-refractivity contribution in [2.75, 3.05) is 30.0 Å². The number of hydrogen-bond donors (Lipinski definition) is 1. The fourth-order valence-corrected chi connectivity index (χ4v) is 3.56. The van der Waals surface area contributed by atoms with E-state index in [2.05, 4.69) is 20.2 Å². The number of ether oxygens (including phenoxy) is 1. The van der Waals surface area contributed by atoms with E-state index in [1.165, 1.54) is 0 Å². The van der Waals surface area contributed by atoms with Crippen molar-refractivity contribution in [2.45, 2.75) is 18.8 Å². The Bertz CT molecular complexity index is 1030. The lowest BCUT2D eigenvalue weighted by molar-refractivity contribution is -0.138. The highest BCUT2D eigenvalue weighted by Gasteiger charge is 2.33. The van der Waals surface area contributed by atoms with Crippen molar-refractivity contribution in [3.63, 3.8) is 0 Å². The number of alkyl halides is 3. The molecule has 2 aromatic carbocycles. The molecule has 5 nitrogen and oxygen atoms in total. The molecule has 3 aromatic rings. The van der Waals surface area contributed by atoms with Gasteiger partial charge in [0.2, 0.25) is 5.95 Å². The molecule has 9 heteroatoms. The van der Waals surface area contributed by atoms with Gasteiger partial charge in [-0.05, 0) is 29.3 Å². The Morgan fingerprint density at radius 3 is 2.68 bits per heavy atom. The summed E-state index contributed by atoms with van der Waals surface area (Å²) >= 11 is 0. The Labute approximate surface area is 176 Å². The average molecular weight is 432 g/mol. The number of nitrogens with zero attached hydrogens (tertiary/aromatic N) is 3. The number of aromatic nitrogens is 2. The monoisotopic (exact) mass is 432 g/mol. The number of nitrogens with one attached hydrogen (secondary N) is 1. The Hall–Kier alpha value is -3.20. The molecule has 1 N–H and O–H groups in total. The average Bonchev–Trinajstić information content (AvgIpc) is 2.78. The molecular formula is C22H20F4N4O. The summed E-state index contributed by atoms with van der Waals surface area (Å²) in [6.07, 6.45) is -3.10. The molecule has 2 heterocycles. The minimum Gasteiger partial charge on any atom is -0.377 e. The number of hydrogen-bond acceptors (Lipinski definition) is 5. The van der Waals surface area contributed by atoms with E-state index >= 15 is 0 Å². The SMILES string of the molecule is Fc1ccc(CNc2nccc(N3CCOCC3c3ccccc3)n2)c(C(F)(F)F)c1. The van der Waals surface area contributed by atoms with Gasteiger partial charge in [-0.1, -0.05) is 36.4 Å². The van der Waals surface area contributed by atoms with Gasteiger partial charge < -0.3 is 15.0 Å². The molecule has 162 valence electrons. The Morgan fingerprint density at radius 2 is 1.90 bits per heavy atom. The fraction of sp³-hybridized carbons (Fsp3) is 0.273. The van der Waals surface area contributed by atoms with E-state index in [0.29, 0.717) is 31.6 Å². The van der Waals surface area contributed by atoms with E-state index in [1.807, 2.05) is 30.3 Å². The van der Waals surface area contributed by atoms with Crippen LogP contribution in [-0.4, -0.2) is 29.7 Å². The molecule has 31 heavy (non-hydrogen) atoms. The van der Waals surface area contributed by atoms with Crippen molar-refractivity contribution in [2.24, 2.45) is 0 Å². The molecule has 1 aromatic heterocycles. The highest BCUT2D eigenvalue weighted by Crippen LogP contribution is 2.33. The minimum absolute atomic E-state index is 0.0355. The van der Waals surface area contributed by atoms with Crippen molar-refractivity contribution in [1.29, 1.82) is 0 Å². The predicted molar refractivity (Wildman–Crippen MR) is 108 cm³/mol. The molecule has 0 amide bonds. The topological polar surface area (TPSA) is 50.3 Å². The molecule has 0 saturated carbocycles. The van der Waals surface area contributed by atoms with Crippen LogP contribution in [0.15, 0.2) is 60.8 Å². The van der Waals surface area contributed by atoms with Crippen LogP contribution in [0.4, 0.5) is 29.3 Å². The van der Waals surface area contributed by atoms with Crippen molar-refractivity contribution >= 4 is 11.8 Å². The first-order chi connectivity index (χ1) is 14.9. The van der Waals surface area contributed by atoms with Gasteiger partial charge in [-0.2, -0.15) is 18.2 Å². The first-order valence-electron chi connectivity index (χ1n) is 9.74. The van der Waals surface area contributed by atoms with E-state index in [-0.39, 0.29) is 24.1 Å². The summed E-state index contributed by atoms with van der Waals surface area (Å²) in [5.74, 6) is -0.105. The second kappa shape index (κ2) is 8.89. The first kappa shape index (κ1) is 21.0. The molecule has 0 radical (unpaired) electrons. The summed E-state index contributed by atoms with van der Waals surface area (Å²) in [6, 6.07) is 14.2. The van der Waals surface area contributed by atoms with Gasteiger partial charge in [0.15, 0.2) is 0 Å². The van der Waals surface area contributed by atoms with Crippen LogP contribution in [0.1, 0.15) is 22.7 Å². The largest absolute Gasteiger partial charge is 0.416 e. The molecule has 0 spiro atoms. The summed E-state index contributed by atoms with van der Waals surface area (Å²) in [7, 11) is 0.